The molecule has 0 spiro atoms. The number of rotatable bonds is 5. The molecule has 1 heterocycles. The molecule has 0 saturated heterocycles. The van der Waals surface area contributed by atoms with Gasteiger partial charge in [-0.25, -0.2) is 4.98 Å². The summed E-state index contributed by atoms with van der Waals surface area (Å²) < 4.78 is 7.62. The molecule has 3 aromatic carbocycles. The Kier molecular flexibility index (Phi) is 5.95. The fourth-order valence-electron chi connectivity index (χ4n) is 4.76. The molecule has 5 heteroatoms. The van der Waals surface area contributed by atoms with Crippen LogP contribution in [-0.2, 0) is 0 Å². The highest BCUT2D eigenvalue weighted by Crippen LogP contribution is 2.32. The summed E-state index contributed by atoms with van der Waals surface area (Å²) in [5.74, 6) is 1.77. The van der Waals surface area contributed by atoms with Crippen LogP contribution >= 0.6 is 0 Å². The predicted octanol–water partition coefficient (Wildman–Crippen LogP) is 6.27. The number of benzene rings is 3. The van der Waals surface area contributed by atoms with Crippen molar-refractivity contribution in [1.29, 1.82) is 0 Å². The summed E-state index contributed by atoms with van der Waals surface area (Å²) in [5, 5.41) is 7.49. The molecule has 0 radical (unpaired) electrons. The summed E-state index contributed by atoms with van der Waals surface area (Å²) >= 11 is 0. The molecule has 1 fully saturated rings. The second kappa shape index (κ2) is 9.18. The van der Waals surface area contributed by atoms with Gasteiger partial charge < -0.3 is 4.74 Å². The summed E-state index contributed by atoms with van der Waals surface area (Å²) in [4.78, 5) is 18.4. The van der Waals surface area contributed by atoms with E-state index in [0.717, 1.165) is 59.1 Å². The molecule has 33 heavy (non-hydrogen) atoms. The van der Waals surface area contributed by atoms with Gasteiger partial charge in [0.15, 0.2) is 0 Å². The topological polar surface area (TPSA) is 56.5 Å². The first-order valence-electron chi connectivity index (χ1n) is 11.9. The maximum Gasteiger partial charge on any atom is 0.282 e. The Morgan fingerprint density at radius 3 is 2.48 bits per heavy atom. The van der Waals surface area contributed by atoms with Gasteiger partial charge in [-0.05, 0) is 55.7 Å². The molecule has 0 bridgehead atoms. The number of hydrogen-bond acceptors (Lipinski definition) is 4. The van der Waals surface area contributed by atoms with Crippen molar-refractivity contribution in [2.75, 3.05) is 0 Å². The van der Waals surface area contributed by atoms with Gasteiger partial charge in [0.2, 0.25) is 0 Å². The van der Waals surface area contributed by atoms with Crippen molar-refractivity contribution in [1.82, 2.24) is 9.66 Å². The molecule has 0 atom stereocenters. The summed E-state index contributed by atoms with van der Waals surface area (Å²) in [5.41, 5.74) is 1.49. The average molecular weight is 440 g/mol. The van der Waals surface area contributed by atoms with Crippen LogP contribution in [0.4, 0.5) is 0 Å². The van der Waals surface area contributed by atoms with Crippen LogP contribution in [0.2, 0.25) is 0 Å². The normalized spacial score (nSPS) is 15.1. The zero-order valence-corrected chi connectivity index (χ0v) is 19.2. The minimum Gasteiger partial charge on any atom is -0.490 e. The van der Waals surface area contributed by atoms with E-state index in [1.54, 1.807) is 6.21 Å². The largest absolute Gasteiger partial charge is 0.490 e. The van der Waals surface area contributed by atoms with Crippen molar-refractivity contribution in [3.8, 4) is 5.75 Å². The molecular weight excluding hydrogens is 410 g/mol. The van der Waals surface area contributed by atoms with E-state index in [1.165, 1.54) is 11.1 Å². The van der Waals surface area contributed by atoms with Crippen LogP contribution in [0.3, 0.4) is 0 Å². The number of ether oxygens (including phenoxy) is 1. The van der Waals surface area contributed by atoms with Crippen LogP contribution in [0.15, 0.2) is 70.6 Å². The van der Waals surface area contributed by atoms with Gasteiger partial charge in [-0.2, -0.15) is 9.78 Å². The number of para-hydroxylation sites is 1. The average Bonchev–Trinajstić information content (AvgIpc) is 2.84. The monoisotopic (exact) mass is 439 g/mol. The van der Waals surface area contributed by atoms with Gasteiger partial charge in [0, 0.05) is 11.5 Å². The molecular formula is C28H29N3O2. The first-order chi connectivity index (χ1) is 16.1. The Morgan fingerprint density at radius 1 is 0.970 bits per heavy atom. The van der Waals surface area contributed by atoms with Crippen molar-refractivity contribution in [2.24, 2.45) is 5.10 Å². The van der Waals surface area contributed by atoms with Crippen molar-refractivity contribution < 1.29 is 4.74 Å². The fourth-order valence-corrected chi connectivity index (χ4v) is 4.76. The molecule has 1 aliphatic rings. The Bertz CT molecular complexity index is 1380. The number of aromatic nitrogens is 2. The second-order valence-corrected chi connectivity index (χ2v) is 9.05. The van der Waals surface area contributed by atoms with E-state index in [1.807, 2.05) is 56.3 Å². The van der Waals surface area contributed by atoms with Gasteiger partial charge in [0.25, 0.3) is 5.56 Å². The van der Waals surface area contributed by atoms with Crippen molar-refractivity contribution in [3.05, 3.63) is 82.4 Å². The highest BCUT2D eigenvalue weighted by atomic mass is 16.5. The fraction of sp³-hybridized carbons (Fsp3) is 0.321. The lowest BCUT2D eigenvalue weighted by molar-refractivity contribution is 0.242. The predicted molar refractivity (Wildman–Crippen MR) is 135 cm³/mol. The van der Waals surface area contributed by atoms with Crippen LogP contribution in [0.25, 0.3) is 21.7 Å². The summed E-state index contributed by atoms with van der Waals surface area (Å²) in [7, 11) is 0. The van der Waals surface area contributed by atoms with Gasteiger partial charge in [0.05, 0.1) is 23.2 Å². The maximum atomic E-state index is 13.5. The van der Waals surface area contributed by atoms with Crippen molar-refractivity contribution in [3.63, 3.8) is 0 Å². The van der Waals surface area contributed by atoms with Gasteiger partial charge >= 0.3 is 0 Å². The van der Waals surface area contributed by atoms with Crippen molar-refractivity contribution >= 4 is 27.9 Å². The van der Waals surface area contributed by atoms with E-state index in [-0.39, 0.29) is 17.6 Å². The molecule has 4 aromatic rings. The quantitative estimate of drug-likeness (QED) is 0.345. The first kappa shape index (κ1) is 21.4. The zero-order chi connectivity index (χ0) is 22.8. The minimum absolute atomic E-state index is 0.0289. The Hall–Kier alpha value is -3.47. The molecule has 0 amide bonds. The molecule has 1 aromatic heterocycles. The van der Waals surface area contributed by atoms with Gasteiger partial charge in [-0.3, -0.25) is 4.79 Å². The molecule has 5 nitrogen and oxygen atoms in total. The Morgan fingerprint density at radius 2 is 1.70 bits per heavy atom. The third kappa shape index (κ3) is 4.28. The number of nitrogens with zero attached hydrogens (tertiary/aromatic N) is 3. The van der Waals surface area contributed by atoms with Crippen LogP contribution in [0.1, 0.15) is 63.3 Å². The standard InChI is InChI=1S/C28H29N3O2/c1-19(2)33-26-17-16-20-10-6-7-13-22(20)24(26)18-29-31-27(21-11-4-3-5-12-21)30-25-15-9-8-14-23(25)28(31)32/h6-10,13-19,21H,3-5,11-12H2,1-2H3. The van der Waals surface area contributed by atoms with E-state index in [0.29, 0.717) is 5.39 Å². The molecule has 168 valence electrons. The minimum atomic E-state index is -0.121. The third-order valence-electron chi connectivity index (χ3n) is 6.34. The lowest BCUT2D eigenvalue weighted by Gasteiger charge is -2.22. The molecule has 1 aliphatic carbocycles. The third-order valence-corrected chi connectivity index (χ3v) is 6.34. The van der Waals surface area contributed by atoms with E-state index in [4.69, 9.17) is 14.8 Å². The molecule has 0 N–H and O–H groups in total. The van der Waals surface area contributed by atoms with E-state index >= 15 is 0 Å². The van der Waals surface area contributed by atoms with Gasteiger partial charge in [-0.1, -0.05) is 61.7 Å². The van der Waals surface area contributed by atoms with Gasteiger partial charge in [0.1, 0.15) is 11.6 Å². The lowest BCUT2D eigenvalue weighted by atomic mass is 9.88. The summed E-state index contributed by atoms with van der Waals surface area (Å²) in [6.07, 6.45) is 7.43. The SMILES string of the molecule is CC(C)Oc1ccc2ccccc2c1C=Nn1c(C2CCCCC2)nc2ccccc2c1=O. The molecule has 5 rings (SSSR count). The summed E-state index contributed by atoms with van der Waals surface area (Å²) in [6, 6.07) is 19.7. The highest BCUT2D eigenvalue weighted by Gasteiger charge is 2.22. The summed E-state index contributed by atoms with van der Waals surface area (Å²) in [6.45, 7) is 4.02. The van der Waals surface area contributed by atoms with E-state index in [2.05, 4.69) is 18.2 Å². The Labute approximate surface area is 193 Å². The smallest absolute Gasteiger partial charge is 0.282 e. The molecule has 0 aliphatic heterocycles. The van der Waals surface area contributed by atoms with E-state index in [9.17, 15) is 4.79 Å². The number of hydrogen-bond donors (Lipinski definition) is 0. The zero-order valence-electron chi connectivity index (χ0n) is 19.2. The molecule has 1 saturated carbocycles. The lowest BCUT2D eigenvalue weighted by Crippen LogP contribution is -2.25. The van der Waals surface area contributed by atoms with Crippen LogP contribution in [-0.4, -0.2) is 22.0 Å². The maximum absolute atomic E-state index is 13.5. The van der Waals surface area contributed by atoms with Gasteiger partial charge in [-0.15, -0.1) is 0 Å². The number of fused-ring (bicyclic) bond motifs is 2. The van der Waals surface area contributed by atoms with Crippen LogP contribution < -0.4 is 10.3 Å². The van der Waals surface area contributed by atoms with E-state index < -0.39 is 0 Å². The Balaban J connectivity index is 1.69. The van der Waals surface area contributed by atoms with Crippen molar-refractivity contribution in [2.45, 2.75) is 58.0 Å². The second-order valence-electron chi connectivity index (χ2n) is 9.05. The molecule has 0 unspecified atom stereocenters. The van der Waals surface area contributed by atoms with Crippen LogP contribution in [0.5, 0.6) is 5.75 Å². The first-order valence-corrected chi connectivity index (χ1v) is 11.9. The highest BCUT2D eigenvalue weighted by molar-refractivity contribution is 6.02. The van der Waals surface area contributed by atoms with Crippen LogP contribution in [0, 0.1) is 0 Å².